The molecule has 4 heteroatoms. The van der Waals surface area contributed by atoms with Crippen LogP contribution >= 0.6 is 0 Å². The van der Waals surface area contributed by atoms with Crippen molar-refractivity contribution in [2.75, 3.05) is 6.54 Å². The molecule has 2 fully saturated rings. The fourth-order valence-corrected chi connectivity index (χ4v) is 6.82. The summed E-state index contributed by atoms with van der Waals surface area (Å²) in [5.41, 5.74) is 2.37. The second-order valence-corrected chi connectivity index (χ2v) is 9.36. The van der Waals surface area contributed by atoms with E-state index in [9.17, 15) is 10.1 Å². The van der Waals surface area contributed by atoms with E-state index in [1.165, 1.54) is 5.57 Å². The molecule has 1 amide bonds. The van der Waals surface area contributed by atoms with E-state index in [0.29, 0.717) is 37.1 Å². The van der Waals surface area contributed by atoms with Crippen molar-refractivity contribution in [2.24, 2.45) is 23.2 Å². The molecule has 0 unspecified atom stereocenters. The maximum atomic E-state index is 12.6. The van der Waals surface area contributed by atoms with Crippen LogP contribution in [0.3, 0.4) is 0 Å². The number of nitrogens with zero attached hydrogens (tertiary/aromatic N) is 3. The minimum Gasteiger partial charge on any atom is -0.336 e. The van der Waals surface area contributed by atoms with Gasteiger partial charge in [-0.05, 0) is 80.3 Å². The molecular weight excluding hydrogens is 334 g/mol. The number of fused-ring (bicyclic) bond motifs is 5. The van der Waals surface area contributed by atoms with Crippen molar-refractivity contribution in [3.63, 3.8) is 0 Å². The molecule has 0 bridgehead atoms. The van der Waals surface area contributed by atoms with E-state index in [1.54, 1.807) is 0 Å². The molecule has 1 saturated carbocycles. The quantitative estimate of drug-likeness (QED) is 0.725. The van der Waals surface area contributed by atoms with Crippen LogP contribution in [0.1, 0.15) is 65.2 Å². The SMILES string of the molecule is C[C@]12CCC(C#N)=CC1=CC[C@@H]1[C@@H]2CC[C@@]2(C)[C@H]1CCC(=O)N2CCC#N. The number of piperidine rings is 1. The van der Waals surface area contributed by atoms with Crippen molar-refractivity contribution >= 4 is 5.91 Å². The first-order valence-electron chi connectivity index (χ1n) is 10.4. The Kier molecular flexibility index (Phi) is 4.42. The van der Waals surface area contributed by atoms with Gasteiger partial charge < -0.3 is 4.90 Å². The summed E-state index contributed by atoms with van der Waals surface area (Å²) in [5.74, 6) is 1.99. The molecule has 142 valence electrons. The van der Waals surface area contributed by atoms with Crippen LogP contribution in [0.4, 0.5) is 0 Å². The van der Waals surface area contributed by atoms with E-state index in [4.69, 9.17) is 5.26 Å². The van der Waals surface area contributed by atoms with Crippen LogP contribution in [0.25, 0.3) is 0 Å². The average molecular weight is 364 g/mol. The monoisotopic (exact) mass is 363 g/mol. The standard InChI is InChI=1S/C23H29N3O/c1-22-10-8-16(15-25)14-17(22)4-5-18-19(22)9-11-23(2)20(18)6-7-21(27)26(23)13-3-12-24/h4,14,18-20H,3,5-11,13H2,1-2H3/t18-,19+,20+,22+,23+/m1/s1. The van der Waals surface area contributed by atoms with Gasteiger partial charge in [0, 0.05) is 24.1 Å². The summed E-state index contributed by atoms with van der Waals surface area (Å²) >= 11 is 0. The van der Waals surface area contributed by atoms with E-state index in [-0.39, 0.29) is 16.9 Å². The Morgan fingerprint density at radius 3 is 2.74 bits per heavy atom. The Morgan fingerprint density at radius 1 is 1.19 bits per heavy atom. The van der Waals surface area contributed by atoms with Crippen LogP contribution in [0.5, 0.6) is 0 Å². The molecule has 3 aliphatic carbocycles. The summed E-state index contributed by atoms with van der Waals surface area (Å²) in [7, 11) is 0. The van der Waals surface area contributed by atoms with Crippen molar-refractivity contribution in [1.82, 2.24) is 4.90 Å². The number of carbonyl (C=O) groups is 1. The average Bonchev–Trinajstić information content (AvgIpc) is 2.66. The third kappa shape index (κ3) is 2.65. The zero-order valence-electron chi connectivity index (χ0n) is 16.5. The van der Waals surface area contributed by atoms with Gasteiger partial charge in [-0.2, -0.15) is 10.5 Å². The lowest BCUT2D eigenvalue weighted by Gasteiger charge is -2.61. The smallest absolute Gasteiger partial charge is 0.223 e. The van der Waals surface area contributed by atoms with Crippen molar-refractivity contribution in [1.29, 1.82) is 10.5 Å². The predicted molar refractivity (Wildman–Crippen MR) is 103 cm³/mol. The fourth-order valence-electron chi connectivity index (χ4n) is 6.82. The predicted octanol–water partition coefficient (Wildman–Crippen LogP) is 4.50. The summed E-state index contributed by atoms with van der Waals surface area (Å²) < 4.78 is 0. The lowest BCUT2D eigenvalue weighted by Crippen LogP contribution is -2.64. The van der Waals surface area contributed by atoms with Gasteiger partial charge in [-0.25, -0.2) is 0 Å². The molecule has 1 heterocycles. The summed E-state index contributed by atoms with van der Waals surface area (Å²) in [6, 6.07) is 4.58. The van der Waals surface area contributed by atoms with Gasteiger partial charge in [0.2, 0.25) is 5.91 Å². The number of rotatable bonds is 2. The maximum absolute atomic E-state index is 12.6. The third-order valence-electron chi connectivity index (χ3n) is 8.30. The van der Waals surface area contributed by atoms with Gasteiger partial charge in [-0.1, -0.05) is 13.0 Å². The van der Waals surface area contributed by atoms with E-state index in [1.807, 2.05) is 0 Å². The van der Waals surface area contributed by atoms with Crippen LogP contribution in [0.2, 0.25) is 0 Å². The van der Waals surface area contributed by atoms with Crippen LogP contribution in [-0.4, -0.2) is 22.9 Å². The summed E-state index contributed by atoms with van der Waals surface area (Å²) in [5, 5.41) is 18.3. The molecule has 0 N–H and O–H groups in total. The molecule has 0 radical (unpaired) electrons. The number of hydrogen-bond acceptors (Lipinski definition) is 3. The zero-order chi connectivity index (χ0) is 19.2. The van der Waals surface area contributed by atoms with Gasteiger partial charge in [0.25, 0.3) is 0 Å². The highest BCUT2D eigenvalue weighted by atomic mass is 16.2. The number of carbonyl (C=O) groups excluding carboxylic acids is 1. The Balaban J connectivity index is 1.67. The molecule has 27 heavy (non-hydrogen) atoms. The lowest BCUT2D eigenvalue weighted by atomic mass is 9.48. The highest BCUT2D eigenvalue weighted by Gasteiger charge is 2.57. The molecule has 4 nitrogen and oxygen atoms in total. The molecular formula is C23H29N3O. The van der Waals surface area contributed by atoms with Crippen molar-refractivity contribution in [2.45, 2.75) is 70.8 Å². The van der Waals surface area contributed by atoms with Crippen molar-refractivity contribution in [3.8, 4) is 12.1 Å². The van der Waals surface area contributed by atoms with Crippen LogP contribution < -0.4 is 0 Å². The summed E-state index contributed by atoms with van der Waals surface area (Å²) in [6.45, 7) is 5.26. The first-order valence-corrected chi connectivity index (χ1v) is 10.4. The normalized spacial score (nSPS) is 40.5. The molecule has 1 saturated heterocycles. The molecule has 0 aromatic rings. The van der Waals surface area contributed by atoms with Crippen LogP contribution in [0, 0.1) is 45.8 Å². The first kappa shape index (κ1) is 18.3. The highest BCUT2D eigenvalue weighted by molar-refractivity contribution is 5.78. The second kappa shape index (κ2) is 6.52. The van der Waals surface area contributed by atoms with Gasteiger partial charge >= 0.3 is 0 Å². The zero-order valence-corrected chi connectivity index (χ0v) is 16.5. The Bertz CT molecular complexity index is 797. The van der Waals surface area contributed by atoms with Gasteiger partial charge in [-0.15, -0.1) is 0 Å². The third-order valence-corrected chi connectivity index (χ3v) is 8.30. The number of hydrogen-bond donors (Lipinski definition) is 0. The van der Waals surface area contributed by atoms with E-state index in [0.717, 1.165) is 44.1 Å². The molecule has 0 spiro atoms. The maximum Gasteiger partial charge on any atom is 0.223 e. The Morgan fingerprint density at radius 2 is 2.00 bits per heavy atom. The minimum atomic E-state index is -0.0998. The molecule has 4 aliphatic rings. The van der Waals surface area contributed by atoms with Gasteiger partial charge in [0.1, 0.15) is 0 Å². The molecule has 1 aliphatic heterocycles. The minimum absolute atomic E-state index is 0.0998. The largest absolute Gasteiger partial charge is 0.336 e. The summed E-state index contributed by atoms with van der Waals surface area (Å²) in [6.07, 6.45) is 11.8. The van der Waals surface area contributed by atoms with Crippen molar-refractivity contribution in [3.05, 3.63) is 23.3 Å². The van der Waals surface area contributed by atoms with E-state index < -0.39 is 0 Å². The molecule has 0 aromatic carbocycles. The van der Waals surface area contributed by atoms with E-state index >= 15 is 0 Å². The Hall–Kier alpha value is -2.07. The molecule has 5 atom stereocenters. The van der Waals surface area contributed by atoms with Gasteiger partial charge in [0.15, 0.2) is 0 Å². The van der Waals surface area contributed by atoms with Gasteiger partial charge in [-0.3, -0.25) is 4.79 Å². The second-order valence-electron chi connectivity index (χ2n) is 9.36. The van der Waals surface area contributed by atoms with E-state index in [2.05, 4.69) is 43.0 Å². The van der Waals surface area contributed by atoms with Crippen LogP contribution in [-0.2, 0) is 4.79 Å². The summed E-state index contributed by atoms with van der Waals surface area (Å²) in [4.78, 5) is 14.7. The van der Waals surface area contributed by atoms with Crippen LogP contribution in [0.15, 0.2) is 23.3 Å². The topological polar surface area (TPSA) is 67.9 Å². The number of allylic oxidation sites excluding steroid dienone is 4. The first-order chi connectivity index (χ1) is 12.9. The Labute approximate surface area is 162 Å². The molecule has 4 rings (SSSR count). The van der Waals surface area contributed by atoms with Crippen molar-refractivity contribution < 1.29 is 4.79 Å². The lowest BCUT2D eigenvalue weighted by molar-refractivity contribution is -0.156. The number of nitriles is 2. The highest BCUT2D eigenvalue weighted by Crippen LogP contribution is 2.61. The molecule has 0 aromatic heterocycles. The fraction of sp³-hybridized carbons (Fsp3) is 0.696. The number of amides is 1. The number of likely N-dealkylation sites (tertiary alicyclic amines) is 1. The van der Waals surface area contributed by atoms with Gasteiger partial charge in [0.05, 0.1) is 18.6 Å².